The van der Waals surface area contributed by atoms with E-state index in [2.05, 4.69) is 0 Å². The number of carbonyl (C=O) groups excluding carboxylic acids is 1. The molecular formula is C10H21F2NO. The second-order valence-corrected chi connectivity index (χ2v) is 2.55. The van der Waals surface area contributed by atoms with Gasteiger partial charge >= 0.3 is 0 Å². The van der Waals surface area contributed by atoms with E-state index in [1.165, 1.54) is 11.8 Å². The molecule has 1 heterocycles. The number of nitrogens with zero attached hydrogens (tertiary/aromatic N) is 1. The Hall–Kier alpha value is -0.670. The van der Waals surface area contributed by atoms with Gasteiger partial charge in [-0.05, 0) is 0 Å². The zero-order chi connectivity index (χ0) is 11.8. The van der Waals surface area contributed by atoms with Crippen LogP contribution < -0.4 is 0 Å². The molecule has 4 heteroatoms. The summed E-state index contributed by atoms with van der Waals surface area (Å²) in [5.41, 5.74) is 0. The van der Waals surface area contributed by atoms with E-state index in [4.69, 9.17) is 0 Å². The smallest absolute Gasteiger partial charge is 0.267 e. The van der Waals surface area contributed by atoms with Gasteiger partial charge in [-0.1, -0.05) is 27.7 Å². The molecule has 0 aromatic carbocycles. The molecular weight excluding hydrogens is 188 g/mol. The van der Waals surface area contributed by atoms with Gasteiger partial charge in [0.1, 0.15) is 0 Å². The van der Waals surface area contributed by atoms with Gasteiger partial charge in [-0.2, -0.15) is 0 Å². The van der Waals surface area contributed by atoms with Crippen LogP contribution in [0.2, 0.25) is 0 Å². The van der Waals surface area contributed by atoms with Crippen molar-refractivity contribution < 1.29 is 13.6 Å². The monoisotopic (exact) mass is 209 g/mol. The first-order valence-corrected chi connectivity index (χ1v) is 5.15. The predicted molar refractivity (Wildman–Crippen MR) is 54.5 cm³/mol. The summed E-state index contributed by atoms with van der Waals surface area (Å²) in [7, 11) is 0. The Morgan fingerprint density at radius 1 is 1.21 bits per heavy atom. The number of hydrogen-bond donors (Lipinski definition) is 0. The minimum absolute atomic E-state index is 0.188. The average Bonchev–Trinajstić information content (AvgIpc) is 2.53. The summed E-state index contributed by atoms with van der Waals surface area (Å²) < 4.78 is 24.7. The van der Waals surface area contributed by atoms with Crippen molar-refractivity contribution in [3.8, 4) is 0 Å². The maximum atomic E-state index is 12.4. The molecule has 0 unspecified atom stereocenters. The largest absolute Gasteiger partial charge is 0.337 e. The molecule has 0 aliphatic carbocycles. The summed E-state index contributed by atoms with van der Waals surface area (Å²) >= 11 is 0. The minimum atomic E-state index is -2.65. The van der Waals surface area contributed by atoms with E-state index < -0.39 is 12.5 Å². The highest BCUT2D eigenvalue weighted by Gasteiger charge is 2.39. The maximum Gasteiger partial charge on any atom is 0.267 e. The molecule has 1 amide bonds. The highest BCUT2D eigenvalue weighted by molar-refractivity contribution is 5.73. The van der Waals surface area contributed by atoms with Crippen molar-refractivity contribution in [1.29, 1.82) is 0 Å². The van der Waals surface area contributed by atoms with Crippen molar-refractivity contribution in [2.24, 2.45) is 0 Å². The van der Waals surface area contributed by atoms with Crippen LogP contribution in [0, 0.1) is 0 Å². The Balaban J connectivity index is 0. The molecule has 0 radical (unpaired) electrons. The molecule has 14 heavy (non-hydrogen) atoms. The van der Waals surface area contributed by atoms with Crippen LogP contribution in [0.15, 0.2) is 0 Å². The van der Waals surface area contributed by atoms with Gasteiger partial charge in [0.05, 0.1) is 6.54 Å². The van der Waals surface area contributed by atoms with Crippen LogP contribution in [0.4, 0.5) is 8.78 Å². The second kappa shape index (κ2) is 7.71. The minimum Gasteiger partial charge on any atom is -0.337 e. The number of halogens is 2. The van der Waals surface area contributed by atoms with Gasteiger partial charge < -0.3 is 4.90 Å². The van der Waals surface area contributed by atoms with Gasteiger partial charge in [0.25, 0.3) is 5.92 Å². The second-order valence-electron chi connectivity index (χ2n) is 2.55. The first-order valence-electron chi connectivity index (χ1n) is 5.15. The lowest BCUT2D eigenvalue weighted by molar-refractivity contribution is -0.129. The molecule has 1 saturated heterocycles. The summed E-state index contributed by atoms with van der Waals surface area (Å²) in [5, 5.41) is 0. The fraction of sp³-hybridized carbons (Fsp3) is 0.900. The molecule has 0 saturated carbocycles. The Kier molecular flexibility index (Phi) is 8.69. The quantitative estimate of drug-likeness (QED) is 0.600. The normalized spacial score (nSPS) is 17.5. The van der Waals surface area contributed by atoms with Gasteiger partial charge in [-0.25, -0.2) is 8.78 Å². The summed E-state index contributed by atoms with van der Waals surface area (Å²) in [5.74, 6) is -2.91. The Morgan fingerprint density at radius 2 is 1.64 bits per heavy atom. The zero-order valence-electron chi connectivity index (χ0n) is 9.73. The lowest BCUT2D eigenvalue weighted by atomic mass is 10.3. The predicted octanol–water partition coefficient (Wildman–Crippen LogP) is 2.93. The van der Waals surface area contributed by atoms with Crippen molar-refractivity contribution in [1.82, 2.24) is 4.90 Å². The van der Waals surface area contributed by atoms with Crippen molar-refractivity contribution >= 4 is 5.91 Å². The van der Waals surface area contributed by atoms with Gasteiger partial charge in [0.2, 0.25) is 5.91 Å². The molecule has 0 N–H and O–H groups in total. The number of rotatable bonds is 0. The third-order valence-electron chi connectivity index (χ3n) is 1.61. The van der Waals surface area contributed by atoms with E-state index in [-0.39, 0.29) is 18.9 Å². The fourth-order valence-electron chi connectivity index (χ4n) is 1.00. The molecule has 0 aromatic heterocycles. The van der Waals surface area contributed by atoms with Crippen LogP contribution in [-0.4, -0.2) is 29.8 Å². The van der Waals surface area contributed by atoms with E-state index in [1.807, 2.05) is 27.7 Å². The molecule has 0 aromatic rings. The lowest BCUT2D eigenvalue weighted by Gasteiger charge is -2.12. The first-order chi connectivity index (χ1) is 6.51. The van der Waals surface area contributed by atoms with Crippen molar-refractivity contribution in [3.63, 3.8) is 0 Å². The third kappa shape index (κ3) is 5.89. The Labute approximate surface area is 85.3 Å². The standard InChI is InChI=1S/C6H9F2NO.2C2H6/c1-5(10)9-3-2-6(7,8)4-9;2*1-2/h2-4H2,1H3;2*1-2H3. The maximum absolute atomic E-state index is 12.4. The van der Waals surface area contributed by atoms with Crippen LogP contribution >= 0.6 is 0 Å². The Morgan fingerprint density at radius 3 is 1.79 bits per heavy atom. The topological polar surface area (TPSA) is 20.3 Å². The lowest BCUT2D eigenvalue weighted by Crippen LogP contribution is -2.29. The molecule has 0 bridgehead atoms. The van der Waals surface area contributed by atoms with Gasteiger partial charge in [-0.3, -0.25) is 4.79 Å². The highest BCUT2D eigenvalue weighted by atomic mass is 19.3. The molecule has 86 valence electrons. The van der Waals surface area contributed by atoms with Crippen LogP contribution in [0.5, 0.6) is 0 Å². The zero-order valence-corrected chi connectivity index (χ0v) is 9.73. The number of carbonyl (C=O) groups is 1. The van der Waals surface area contributed by atoms with Gasteiger partial charge in [0, 0.05) is 19.9 Å². The van der Waals surface area contributed by atoms with E-state index in [1.54, 1.807) is 0 Å². The average molecular weight is 209 g/mol. The van der Waals surface area contributed by atoms with Crippen LogP contribution in [0.1, 0.15) is 41.0 Å². The van der Waals surface area contributed by atoms with Crippen molar-refractivity contribution in [2.75, 3.05) is 13.1 Å². The number of amides is 1. The number of hydrogen-bond acceptors (Lipinski definition) is 1. The molecule has 0 atom stereocenters. The molecule has 1 fully saturated rings. The third-order valence-corrected chi connectivity index (χ3v) is 1.61. The van der Waals surface area contributed by atoms with E-state index >= 15 is 0 Å². The first kappa shape index (κ1) is 15.8. The fourth-order valence-corrected chi connectivity index (χ4v) is 1.00. The van der Waals surface area contributed by atoms with Crippen molar-refractivity contribution in [3.05, 3.63) is 0 Å². The molecule has 2 nitrogen and oxygen atoms in total. The SMILES string of the molecule is CC.CC.CC(=O)N1CCC(F)(F)C1. The van der Waals surface area contributed by atoms with E-state index in [9.17, 15) is 13.6 Å². The van der Waals surface area contributed by atoms with E-state index in [0.717, 1.165) is 0 Å². The molecule has 0 spiro atoms. The Bertz CT molecular complexity index is 160. The molecule has 1 aliphatic heterocycles. The van der Waals surface area contributed by atoms with Crippen LogP contribution in [0.25, 0.3) is 0 Å². The molecule has 1 aliphatic rings. The van der Waals surface area contributed by atoms with E-state index in [0.29, 0.717) is 0 Å². The summed E-state index contributed by atoms with van der Waals surface area (Å²) in [6.45, 7) is 9.10. The number of alkyl halides is 2. The summed E-state index contributed by atoms with van der Waals surface area (Å²) in [6.07, 6.45) is -0.188. The molecule has 1 rings (SSSR count). The summed E-state index contributed by atoms with van der Waals surface area (Å²) in [6, 6.07) is 0. The number of likely N-dealkylation sites (tertiary alicyclic amines) is 1. The van der Waals surface area contributed by atoms with Crippen molar-refractivity contribution in [2.45, 2.75) is 47.0 Å². The van der Waals surface area contributed by atoms with Crippen LogP contribution in [-0.2, 0) is 4.79 Å². The highest BCUT2D eigenvalue weighted by Crippen LogP contribution is 2.26. The summed E-state index contributed by atoms with van der Waals surface area (Å²) in [4.78, 5) is 11.7. The van der Waals surface area contributed by atoms with Crippen LogP contribution in [0.3, 0.4) is 0 Å². The van der Waals surface area contributed by atoms with Gasteiger partial charge in [-0.15, -0.1) is 0 Å². The van der Waals surface area contributed by atoms with Gasteiger partial charge in [0.15, 0.2) is 0 Å².